The van der Waals surface area contributed by atoms with Crippen molar-refractivity contribution >= 4 is 16.7 Å². The third-order valence-electron chi connectivity index (χ3n) is 3.40. The molecule has 1 aromatic heterocycles. The summed E-state index contributed by atoms with van der Waals surface area (Å²) in [5.41, 5.74) is 7.29. The highest BCUT2D eigenvalue weighted by molar-refractivity contribution is 5.90. The standard InChI is InChI=1S/C16H17N3O3/c1-3-11-6-14-13(16(17)19-10(2)18-14)7-15(11)22-5-4-21-12-8-20-9-12/h1,6-7,12H,4-5,8-9H2,2H3,(H2,17,18,19). The quantitative estimate of drug-likeness (QED) is 0.662. The number of hydrogen-bond acceptors (Lipinski definition) is 6. The van der Waals surface area contributed by atoms with Crippen LogP contribution in [0, 0.1) is 19.3 Å². The Morgan fingerprint density at radius 1 is 1.36 bits per heavy atom. The van der Waals surface area contributed by atoms with E-state index in [9.17, 15) is 0 Å². The smallest absolute Gasteiger partial charge is 0.135 e. The first-order valence-corrected chi connectivity index (χ1v) is 7.04. The average Bonchev–Trinajstić information content (AvgIpc) is 2.44. The third kappa shape index (κ3) is 2.96. The maximum Gasteiger partial charge on any atom is 0.135 e. The molecule has 6 nitrogen and oxygen atoms in total. The van der Waals surface area contributed by atoms with Gasteiger partial charge in [0.05, 0.1) is 30.9 Å². The number of nitrogen functional groups attached to an aromatic ring is 1. The van der Waals surface area contributed by atoms with Crippen molar-refractivity contribution in [3.8, 4) is 18.1 Å². The van der Waals surface area contributed by atoms with Crippen LogP contribution in [0.2, 0.25) is 0 Å². The lowest BCUT2D eigenvalue weighted by atomic mass is 10.1. The largest absolute Gasteiger partial charge is 0.490 e. The number of rotatable bonds is 5. The third-order valence-corrected chi connectivity index (χ3v) is 3.40. The van der Waals surface area contributed by atoms with Gasteiger partial charge in [0.1, 0.15) is 30.1 Å². The Kier molecular flexibility index (Phi) is 4.09. The first-order valence-electron chi connectivity index (χ1n) is 7.04. The zero-order chi connectivity index (χ0) is 15.5. The Hall–Kier alpha value is -2.36. The molecule has 0 radical (unpaired) electrons. The highest BCUT2D eigenvalue weighted by atomic mass is 16.6. The predicted molar refractivity (Wildman–Crippen MR) is 82.7 cm³/mol. The summed E-state index contributed by atoms with van der Waals surface area (Å²) in [6.07, 6.45) is 5.73. The van der Waals surface area contributed by atoms with Gasteiger partial charge in [-0.25, -0.2) is 9.97 Å². The number of terminal acetylenes is 1. The van der Waals surface area contributed by atoms with E-state index in [-0.39, 0.29) is 6.10 Å². The molecule has 1 saturated heterocycles. The molecule has 1 aliphatic rings. The van der Waals surface area contributed by atoms with Crippen LogP contribution in [0.1, 0.15) is 11.4 Å². The summed E-state index contributed by atoms with van der Waals surface area (Å²) in [7, 11) is 0. The van der Waals surface area contributed by atoms with E-state index in [0.717, 1.165) is 5.39 Å². The molecule has 0 spiro atoms. The van der Waals surface area contributed by atoms with Crippen molar-refractivity contribution in [2.75, 3.05) is 32.2 Å². The van der Waals surface area contributed by atoms with Crippen LogP contribution in [0.3, 0.4) is 0 Å². The van der Waals surface area contributed by atoms with E-state index in [1.54, 1.807) is 19.1 Å². The van der Waals surface area contributed by atoms with Crippen molar-refractivity contribution in [2.45, 2.75) is 13.0 Å². The van der Waals surface area contributed by atoms with Crippen LogP contribution in [0.25, 0.3) is 10.9 Å². The van der Waals surface area contributed by atoms with Gasteiger partial charge in [-0.05, 0) is 19.1 Å². The van der Waals surface area contributed by atoms with Crippen LogP contribution in [0.15, 0.2) is 12.1 Å². The summed E-state index contributed by atoms with van der Waals surface area (Å²) in [6.45, 7) is 3.98. The van der Waals surface area contributed by atoms with Gasteiger partial charge in [0.2, 0.25) is 0 Å². The van der Waals surface area contributed by atoms with Gasteiger partial charge < -0.3 is 19.9 Å². The second-order valence-electron chi connectivity index (χ2n) is 5.04. The molecule has 22 heavy (non-hydrogen) atoms. The van der Waals surface area contributed by atoms with Crippen LogP contribution < -0.4 is 10.5 Å². The number of aromatic nitrogens is 2. The molecule has 0 amide bonds. The van der Waals surface area contributed by atoms with Gasteiger partial charge in [-0.15, -0.1) is 6.42 Å². The van der Waals surface area contributed by atoms with Gasteiger partial charge in [0, 0.05) is 5.39 Å². The summed E-state index contributed by atoms with van der Waals surface area (Å²) in [4.78, 5) is 8.50. The number of aryl methyl sites for hydroxylation is 1. The molecular formula is C16H17N3O3. The summed E-state index contributed by atoms with van der Waals surface area (Å²) >= 11 is 0. The van der Waals surface area contributed by atoms with Crippen molar-refractivity contribution in [1.29, 1.82) is 0 Å². The summed E-state index contributed by atoms with van der Waals surface area (Å²) in [5, 5.41) is 0.730. The topological polar surface area (TPSA) is 79.5 Å². The Balaban J connectivity index is 1.77. The molecule has 0 saturated carbocycles. The minimum atomic E-state index is 0.180. The lowest BCUT2D eigenvalue weighted by Gasteiger charge is -2.25. The highest BCUT2D eigenvalue weighted by Crippen LogP contribution is 2.27. The molecule has 0 aliphatic carbocycles. The fourth-order valence-corrected chi connectivity index (χ4v) is 2.21. The molecule has 1 aromatic carbocycles. The SMILES string of the molecule is C#Cc1cc2nc(C)nc(N)c2cc1OCCOC1COC1. The summed E-state index contributed by atoms with van der Waals surface area (Å²) < 4.78 is 16.3. The van der Waals surface area contributed by atoms with Crippen molar-refractivity contribution in [1.82, 2.24) is 9.97 Å². The number of anilines is 1. The Labute approximate surface area is 128 Å². The second kappa shape index (κ2) is 6.18. The normalized spacial score (nSPS) is 14.5. The van der Waals surface area contributed by atoms with Gasteiger partial charge >= 0.3 is 0 Å². The van der Waals surface area contributed by atoms with Gasteiger partial charge in [0.15, 0.2) is 0 Å². The fraction of sp³-hybridized carbons (Fsp3) is 0.375. The zero-order valence-electron chi connectivity index (χ0n) is 12.3. The van der Waals surface area contributed by atoms with Crippen molar-refractivity contribution in [3.05, 3.63) is 23.5 Å². The Morgan fingerprint density at radius 3 is 2.86 bits per heavy atom. The predicted octanol–water partition coefficient (Wildman–Crippen LogP) is 1.30. The van der Waals surface area contributed by atoms with Crippen LogP contribution in [0.4, 0.5) is 5.82 Å². The molecular weight excluding hydrogens is 282 g/mol. The van der Waals surface area contributed by atoms with Gasteiger partial charge in [-0.3, -0.25) is 0 Å². The van der Waals surface area contributed by atoms with E-state index in [0.29, 0.717) is 54.9 Å². The van der Waals surface area contributed by atoms with Crippen molar-refractivity contribution in [2.24, 2.45) is 0 Å². The van der Waals surface area contributed by atoms with E-state index < -0.39 is 0 Å². The first-order chi connectivity index (χ1) is 10.7. The molecule has 114 valence electrons. The van der Waals surface area contributed by atoms with E-state index in [1.807, 2.05) is 0 Å². The molecule has 2 heterocycles. The van der Waals surface area contributed by atoms with Crippen LogP contribution >= 0.6 is 0 Å². The fourth-order valence-electron chi connectivity index (χ4n) is 2.21. The van der Waals surface area contributed by atoms with Gasteiger partial charge in [-0.2, -0.15) is 0 Å². The van der Waals surface area contributed by atoms with Crippen LogP contribution in [-0.4, -0.2) is 42.5 Å². The Bertz CT molecular complexity index is 735. The summed E-state index contributed by atoms with van der Waals surface area (Å²) in [5.74, 6) is 4.22. The number of benzene rings is 1. The van der Waals surface area contributed by atoms with Gasteiger partial charge in [-0.1, -0.05) is 5.92 Å². The lowest BCUT2D eigenvalue weighted by molar-refractivity contribution is -0.132. The van der Waals surface area contributed by atoms with E-state index in [4.69, 9.17) is 26.4 Å². The molecule has 0 unspecified atom stereocenters. The first kappa shape index (κ1) is 14.6. The number of hydrogen-bond donors (Lipinski definition) is 1. The number of ether oxygens (including phenoxy) is 3. The molecule has 1 aliphatic heterocycles. The second-order valence-corrected chi connectivity index (χ2v) is 5.04. The summed E-state index contributed by atoms with van der Waals surface area (Å²) in [6, 6.07) is 3.57. The minimum absolute atomic E-state index is 0.180. The van der Waals surface area contributed by atoms with Crippen LogP contribution in [-0.2, 0) is 9.47 Å². The van der Waals surface area contributed by atoms with Crippen molar-refractivity contribution < 1.29 is 14.2 Å². The maximum atomic E-state index is 5.94. The molecule has 0 atom stereocenters. The maximum absolute atomic E-state index is 5.94. The van der Waals surface area contributed by atoms with E-state index in [1.165, 1.54) is 0 Å². The highest BCUT2D eigenvalue weighted by Gasteiger charge is 2.18. The van der Waals surface area contributed by atoms with Crippen molar-refractivity contribution in [3.63, 3.8) is 0 Å². The minimum Gasteiger partial charge on any atom is -0.490 e. The van der Waals surface area contributed by atoms with Gasteiger partial charge in [0.25, 0.3) is 0 Å². The van der Waals surface area contributed by atoms with E-state index >= 15 is 0 Å². The Morgan fingerprint density at radius 2 is 2.18 bits per heavy atom. The molecule has 3 rings (SSSR count). The molecule has 6 heteroatoms. The molecule has 2 aromatic rings. The average molecular weight is 299 g/mol. The number of nitrogens with zero attached hydrogens (tertiary/aromatic N) is 2. The molecule has 0 bridgehead atoms. The lowest BCUT2D eigenvalue weighted by Crippen LogP contribution is -2.37. The monoisotopic (exact) mass is 299 g/mol. The van der Waals surface area contributed by atoms with E-state index in [2.05, 4.69) is 15.9 Å². The zero-order valence-corrected chi connectivity index (χ0v) is 12.3. The number of fused-ring (bicyclic) bond motifs is 1. The number of nitrogens with two attached hydrogens (primary N) is 1. The molecule has 1 fully saturated rings. The molecule has 2 N–H and O–H groups in total. The van der Waals surface area contributed by atoms with Crippen LogP contribution in [0.5, 0.6) is 5.75 Å².